The molecule has 0 fully saturated rings. The van der Waals surface area contributed by atoms with Gasteiger partial charge in [-0.1, -0.05) is 6.07 Å². The zero-order valence-electron chi connectivity index (χ0n) is 14.5. The fraction of sp³-hybridized carbons (Fsp3) is 0.176. The highest BCUT2D eigenvalue weighted by Gasteiger charge is 2.27. The predicted molar refractivity (Wildman–Crippen MR) is 104 cm³/mol. The number of nitrogens with zero attached hydrogens (tertiary/aromatic N) is 3. The Morgan fingerprint density at radius 1 is 1.32 bits per heavy atom. The van der Waals surface area contributed by atoms with Crippen molar-refractivity contribution in [3.8, 4) is 0 Å². The lowest BCUT2D eigenvalue weighted by molar-refractivity contribution is -0.384. The number of non-ortho nitro benzene ring substituents is 1. The van der Waals surface area contributed by atoms with Crippen LogP contribution in [0.5, 0.6) is 0 Å². The van der Waals surface area contributed by atoms with Crippen LogP contribution in [-0.4, -0.2) is 35.7 Å². The van der Waals surface area contributed by atoms with Crippen molar-refractivity contribution >= 4 is 51.1 Å². The van der Waals surface area contributed by atoms with Crippen LogP contribution in [0.3, 0.4) is 0 Å². The topological polar surface area (TPSA) is 122 Å². The number of nitro benzene ring substituents is 1. The third kappa shape index (κ3) is 3.69. The number of halogens is 1. The lowest BCUT2D eigenvalue weighted by atomic mass is 10.0. The number of nitro groups is 1. The summed E-state index contributed by atoms with van der Waals surface area (Å²) in [6, 6.07) is 9.11. The molecular formula is C17H15ClN4O5S. The molecule has 1 heterocycles. The van der Waals surface area contributed by atoms with Crippen LogP contribution >= 0.6 is 11.6 Å². The van der Waals surface area contributed by atoms with E-state index in [0.717, 1.165) is 0 Å². The summed E-state index contributed by atoms with van der Waals surface area (Å²) in [5, 5.41) is 12.4. The van der Waals surface area contributed by atoms with Crippen molar-refractivity contribution in [2.45, 2.75) is 22.6 Å². The molecule has 0 aliphatic carbocycles. The lowest BCUT2D eigenvalue weighted by Crippen LogP contribution is -2.35. The summed E-state index contributed by atoms with van der Waals surface area (Å²) in [4.78, 5) is 26.4. The summed E-state index contributed by atoms with van der Waals surface area (Å²) in [5.74, 6) is 0. The summed E-state index contributed by atoms with van der Waals surface area (Å²) >= 11 is 5.75. The van der Waals surface area contributed by atoms with Crippen molar-refractivity contribution in [1.29, 1.82) is 0 Å². The third-order valence-corrected chi connectivity index (χ3v) is 6.61. The fourth-order valence-corrected chi connectivity index (χ4v) is 3.92. The van der Waals surface area contributed by atoms with Crippen LogP contribution in [0.15, 0.2) is 52.4 Å². The quantitative estimate of drug-likeness (QED) is 0.328. The highest BCUT2D eigenvalue weighted by molar-refractivity contribution is 7.93. The van der Waals surface area contributed by atoms with Crippen LogP contribution in [0.1, 0.15) is 18.5 Å². The zero-order chi connectivity index (χ0) is 20.5. The molecule has 0 bridgehead atoms. The first-order valence-corrected chi connectivity index (χ1v) is 10.0. The molecule has 2 unspecified atom stereocenters. The van der Waals surface area contributed by atoms with Gasteiger partial charge in [0.1, 0.15) is 23.4 Å². The molecule has 146 valence electrons. The van der Waals surface area contributed by atoms with E-state index in [9.17, 15) is 23.3 Å². The summed E-state index contributed by atoms with van der Waals surface area (Å²) in [5.41, 5.74) is 3.91. The van der Waals surface area contributed by atoms with E-state index in [-0.39, 0.29) is 10.6 Å². The standard InChI is InChI=1S/C17H15ClN4O5S/c1-11(18)28(26,27)14-4-2-3-12(7-14)20-21-10-19-16-6-5-13(22(24)25)8-15(16)17(21)9-23/h2-11,17,20H,1H3. The summed E-state index contributed by atoms with van der Waals surface area (Å²) < 4.78 is 23.4. The Kier molecular flexibility index (Phi) is 5.34. The van der Waals surface area contributed by atoms with Gasteiger partial charge in [0, 0.05) is 17.7 Å². The molecule has 0 amide bonds. The Balaban J connectivity index is 1.93. The lowest BCUT2D eigenvalue weighted by Gasteiger charge is -2.31. The number of sulfone groups is 1. The molecule has 0 aromatic heterocycles. The van der Waals surface area contributed by atoms with Gasteiger partial charge in [-0.3, -0.25) is 20.5 Å². The average molecular weight is 423 g/mol. The van der Waals surface area contributed by atoms with E-state index < -0.39 is 25.5 Å². The van der Waals surface area contributed by atoms with Crippen molar-refractivity contribution in [3.05, 3.63) is 58.1 Å². The fourth-order valence-electron chi connectivity index (χ4n) is 2.67. The molecule has 3 rings (SSSR count). The Morgan fingerprint density at radius 3 is 2.71 bits per heavy atom. The zero-order valence-corrected chi connectivity index (χ0v) is 16.1. The summed E-state index contributed by atoms with van der Waals surface area (Å²) in [6.45, 7) is 1.36. The van der Waals surface area contributed by atoms with Crippen LogP contribution < -0.4 is 5.43 Å². The minimum atomic E-state index is -3.69. The molecule has 0 saturated carbocycles. The maximum atomic E-state index is 12.2. The van der Waals surface area contributed by atoms with E-state index in [1.165, 1.54) is 54.7 Å². The van der Waals surface area contributed by atoms with Gasteiger partial charge in [0.2, 0.25) is 0 Å². The van der Waals surface area contributed by atoms with Gasteiger partial charge in [-0.15, -0.1) is 11.6 Å². The highest BCUT2D eigenvalue weighted by Crippen LogP contribution is 2.35. The molecule has 0 spiro atoms. The molecule has 2 atom stereocenters. The molecule has 2 aromatic carbocycles. The van der Waals surface area contributed by atoms with Gasteiger partial charge in [-0.2, -0.15) is 0 Å². The molecule has 0 saturated heterocycles. The maximum absolute atomic E-state index is 12.2. The second kappa shape index (κ2) is 7.56. The van der Waals surface area contributed by atoms with E-state index in [4.69, 9.17) is 11.6 Å². The van der Waals surface area contributed by atoms with Gasteiger partial charge < -0.3 is 4.79 Å². The van der Waals surface area contributed by atoms with Crippen LogP contribution in [-0.2, 0) is 14.6 Å². The van der Waals surface area contributed by atoms with E-state index in [1.807, 2.05) is 0 Å². The second-order valence-electron chi connectivity index (χ2n) is 5.96. The Hall–Kier alpha value is -2.98. The van der Waals surface area contributed by atoms with Crippen molar-refractivity contribution < 1.29 is 18.1 Å². The number of aliphatic imine (C=N–C) groups is 1. The SMILES string of the molecule is CC(Cl)S(=O)(=O)c1cccc(NN2C=Nc3ccc([N+](=O)[O-])cc3C2C=O)c1. The number of carbonyl (C=O) groups is 1. The van der Waals surface area contributed by atoms with Crippen LogP contribution in [0.4, 0.5) is 17.1 Å². The van der Waals surface area contributed by atoms with Crippen LogP contribution in [0, 0.1) is 10.1 Å². The Labute approximate surface area is 165 Å². The number of benzene rings is 2. The number of hydrazine groups is 1. The number of anilines is 1. The highest BCUT2D eigenvalue weighted by atomic mass is 35.5. The van der Waals surface area contributed by atoms with Crippen LogP contribution in [0.2, 0.25) is 0 Å². The number of fused-ring (bicyclic) bond motifs is 1. The smallest absolute Gasteiger partial charge is 0.269 e. The first-order chi connectivity index (χ1) is 13.2. The van der Waals surface area contributed by atoms with Gasteiger partial charge in [-0.25, -0.2) is 13.4 Å². The number of hydrogen-bond donors (Lipinski definition) is 1. The molecule has 28 heavy (non-hydrogen) atoms. The van der Waals surface area contributed by atoms with Gasteiger partial charge in [0.25, 0.3) is 5.69 Å². The van der Waals surface area contributed by atoms with E-state index in [0.29, 0.717) is 23.2 Å². The minimum Gasteiger partial charge on any atom is -0.301 e. The molecule has 9 nitrogen and oxygen atoms in total. The Bertz CT molecular complexity index is 1070. The van der Waals surface area contributed by atoms with Crippen molar-refractivity contribution in [3.63, 3.8) is 0 Å². The number of alkyl halides is 1. The summed E-state index contributed by atoms with van der Waals surface area (Å²) in [6.07, 6.45) is 1.97. The summed E-state index contributed by atoms with van der Waals surface area (Å²) in [7, 11) is -3.69. The van der Waals surface area contributed by atoms with Crippen molar-refractivity contribution in [1.82, 2.24) is 5.01 Å². The van der Waals surface area contributed by atoms with Crippen molar-refractivity contribution in [2.24, 2.45) is 4.99 Å². The first kappa shape index (κ1) is 19.8. The predicted octanol–water partition coefficient (Wildman–Crippen LogP) is 3.20. The van der Waals surface area contributed by atoms with Gasteiger partial charge in [-0.05, 0) is 31.2 Å². The third-order valence-electron chi connectivity index (χ3n) is 4.14. The number of rotatable bonds is 6. The molecule has 2 aromatic rings. The van der Waals surface area contributed by atoms with Gasteiger partial charge in [0.15, 0.2) is 9.84 Å². The van der Waals surface area contributed by atoms with E-state index in [2.05, 4.69) is 10.4 Å². The van der Waals surface area contributed by atoms with E-state index >= 15 is 0 Å². The molecule has 11 heteroatoms. The molecule has 1 N–H and O–H groups in total. The Morgan fingerprint density at radius 2 is 2.07 bits per heavy atom. The molecule has 1 aliphatic heterocycles. The van der Waals surface area contributed by atoms with E-state index in [1.54, 1.807) is 6.07 Å². The maximum Gasteiger partial charge on any atom is 0.269 e. The molecule has 0 radical (unpaired) electrons. The second-order valence-corrected chi connectivity index (χ2v) is 9.14. The van der Waals surface area contributed by atoms with Crippen LogP contribution in [0.25, 0.3) is 0 Å². The normalized spacial score (nSPS) is 16.9. The van der Waals surface area contributed by atoms with Crippen molar-refractivity contribution in [2.75, 3.05) is 5.43 Å². The van der Waals surface area contributed by atoms with Gasteiger partial charge >= 0.3 is 0 Å². The number of nitrogens with one attached hydrogen (secondary N) is 1. The average Bonchev–Trinajstić information content (AvgIpc) is 2.67. The number of carbonyl (C=O) groups excluding carboxylic acids is 1. The van der Waals surface area contributed by atoms with Gasteiger partial charge in [0.05, 0.1) is 21.2 Å². The molecular weight excluding hydrogens is 408 g/mol. The monoisotopic (exact) mass is 422 g/mol. The minimum absolute atomic E-state index is 0.0210. The first-order valence-electron chi connectivity index (χ1n) is 8.05. The molecule has 1 aliphatic rings. The number of hydrogen-bond acceptors (Lipinski definition) is 8. The largest absolute Gasteiger partial charge is 0.301 e. The number of aldehydes is 1.